The van der Waals surface area contributed by atoms with E-state index < -0.39 is 5.25 Å². The highest BCUT2D eigenvalue weighted by Crippen LogP contribution is 2.24. The third-order valence-electron chi connectivity index (χ3n) is 3.87. The van der Waals surface area contributed by atoms with Crippen molar-refractivity contribution >= 4 is 44.5 Å². The number of nitrogens with one attached hydrogen (secondary N) is 1. The van der Waals surface area contributed by atoms with E-state index in [4.69, 9.17) is 4.42 Å². The van der Waals surface area contributed by atoms with Gasteiger partial charge in [-0.2, -0.15) is 0 Å². The molecule has 0 radical (unpaired) electrons. The Balaban J connectivity index is 1.81. The van der Waals surface area contributed by atoms with Crippen molar-refractivity contribution < 1.29 is 9.21 Å². The van der Waals surface area contributed by atoms with Gasteiger partial charge in [-0.1, -0.05) is 27.7 Å². The first-order valence-corrected chi connectivity index (χ1v) is 9.83. The van der Waals surface area contributed by atoms with E-state index in [2.05, 4.69) is 26.2 Å². The van der Waals surface area contributed by atoms with Crippen LogP contribution in [0.25, 0.3) is 10.9 Å². The SMILES string of the molecule is CCn1c(SC(C)C(=O)NCc2ccco2)nc2ccc(Br)cc2c1=O. The summed E-state index contributed by atoms with van der Waals surface area (Å²) in [7, 11) is 0. The largest absolute Gasteiger partial charge is 0.467 e. The Hall–Kier alpha value is -2.06. The molecule has 0 aliphatic heterocycles. The molecule has 3 aromatic rings. The molecule has 0 bridgehead atoms. The highest BCUT2D eigenvalue weighted by molar-refractivity contribution is 9.10. The van der Waals surface area contributed by atoms with Gasteiger partial charge in [-0.15, -0.1) is 0 Å². The second kappa shape index (κ2) is 8.09. The van der Waals surface area contributed by atoms with Gasteiger partial charge in [-0.3, -0.25) is 14.2 Å². The number of carbonyl (C=O) groups excluding carboxylic acids is 1. The van der Waals surface area contributed by atoms with E-state index in [9.17, 15) is 9.59 Å². The molecule has 136 valence electrons. The third kappa shape index (κ3) is 4.02. The molecule has 0 saturated carbocycles. The van der Waals surface area contributed by atoms with Gasteiger partial charge in [0.25, 0.3) is 5.56 Å². The van der Waals surface area contributed by atoms with Crippen molar-refractivity contribution in [2.24, 2.45) is 0 Å². The molecule has 0 spiro atoms. The average Bonchev–Trinajstić information content (AvgIpc) is 3.14. The Bertz CT molecular complexity index is 985. The fourth-order valence-corrected chi connectivity index (χ4v) is 3.84. The summed E-state index contributed by atoms with van der Waals surface area (Å²) in [4.78, 5) is 29.7. The number of hydrogen-bond acceptors (Lipinski definition) is 5. The lowest BCUT2D eigenvalue weighted by molar-refractivity contribution is -0.120. The fraction of sp³-hybridized carbons (Fsp3) is 0.278. The summed E-state index contributed by atoms with van der Waals surface area (Å²) >= 11 is 4.65. The highest BCUT2D eigenvalue weighted by atomic mass is 79.9. The zero-order valence-electron chi connectivity index (χ0n) is 14.4. The molecule has 0 aliphatic rings. The maximum Gasteiger partial charge on any atom is 0.262 e. The van der Waals surface area contributed by atoms with Crippen molar-refractivity contribution in [2.45, 2.75) is 37.3 Å². The number of rotatable bonds is 6. The van der Waals surface area contributed by atoms with Crippen molar-refractivity contribution in [1.29, 1.82) is 0 Å². The predicted octanol–water partition coefficient (Wildman–Crippen LogP) is 3.57. The van der Waals surface area contributed by atoms with Crippen molar-refractivity contribution in [3.63, 3.8) is 0 Å². The molecule has 8 heteroatoms. The normalized spacial score (nSPS) is 12.3. The number of aromatic nitrogens is 2. The van der Waals surface area contributed by atoms with Crippen LogP contribution in [0.4, 0.5) is 0 Å². The Kier molecular flexibility index (Phi) is 5.83. The lowest BCUT2D eigenvalue weighted by atomic mass is 10.2. The van der Waals surface area contributed by atoms with Crippen molar-refractivity contribution in [3.8, 4) is 0 Å². The zero-order chi connectivity index (χ0) is 18.7. The summed E-state index contributed by atoms with van der Waals surface area (Å²) in [6, 6.07) is 8.99. The molecule has 1 aromatic carbocycles. The quantitative estimate of drug-likeness (QED) is 0.472. The summed E-state index contributed by atoms with van der Waals surface area (Å²) in [5, 5.41) is 3.52. The minimum absolute atomic E-state index is 0.107. The van der Waals surface area contributed by atoms with Crippen LogP contribution in [0.15, 0.2) is 55.4 Å². The molecular weight excluding hydrogens is 418 g/mol. The highest BCUT2D eigenvalue weighted by Gasteiger charge is 2.19. The first-order chi connectivity index (χ1) is 12.5. The van der Waals surface area contributed by atoms with Crippen molar-refractivity contribution in [3.05, 3.63) is 57.2 Å². The second-order valence-corrected chi connectivity index (χ2v) is 7.89. The van der Waals surface area contributed by atoms with Gasteiger partial charge in [0.1, 0.15) is 5.76 Å². The molecule has 26 heavy (non-hydrogen) atoms. The smallest absolute Gasteiger partial charge is 0.262 e. The monoisotopic (exact) mass is 435 g/mol. The van der Waals surface area contributed by atoms with Gasteiger partial charge in [-0.25, -0.2) is 4.98 Å². The van der Waals surface area contributed by atoms with Gasteiger partial charge < -0.3 is 9.73 Å². The Morgan fingerprint density at radius 3 is 2.92 bits per heavy atom. The van der Waals surface area contributed by atoms with Crippen LogP contribution in [0.2, 0.25) is 0 Å². The number of carbonyl (C=O) groups is 1. The molecule has 0 fully saturated rings. The first kappa shape index (κ1) is 18.7. The van der Waals surface area contributed by atoms with E-state index in [1.807, 2.05) is 13.0 Å². The Morgan fingerprint density at radius 1 is 1.42 bits per heavy atom. The van der Waals surface area contributed by atoms with E-state index in [0.29, 0.717) is 34.9 Å². The van der Waals surface area contributed by atoms with Crippen LogP contribution in [-0.2, 0) is 17.9 Å². The van der Waals surface area contributed by atoms with Crippen molar-refractivity contribution in [2.75, 3.05) is 0 Å². The minimum atomic E-state index is -0.400. The summed E-state index contributed by atoms with van der Waals surface area (Å²) < 4.78 is 7.63. The maximum atomic E-state index is 12.7. The van der Waals surface area contributed by atoms with Crippen LogP contribution in [-0.4, -0.2) is 20.7 Å². The van der Waals surface area contributed by atoms with E-state index in [-0.39, 0.29) is 11.5 Å². The standard InChI is InChI=1S/C18H18BrN3O3S/c1-3-22-17(24)14-9-12(19)6-7-15(14)21-18(22)26-11(2)16(23)20-10-13-5-4-8-25-13/h4-9,11H,3,10H2,1-2H3,(H,20,23). The third-order valence-corrected chi connectivity index (χ3v) is 5.45. The molecular formula is C18H18BrN3O3S. The fourth-order valence-electron chi connectivity index (χ4n) is 2.48. The summed E-state index contributed by atoms with van der Waals surface area (Å²) in [5.41, 5.74) is 0.512. The number of halogens is 1. The molecule has 1 unspecified atom stereocenters. The number of nitrogens with zero attached hydrogens (tertiary/aromatic N) is 2. The van der Waals surface area contributed by atoms with Crippen LogP contribution >= 0.6 is 27.7 Å². The molecule has 1 atom stereocenters. The summed E-state index contributed by atoms with van der Waals surface area (Å²) in [6.45, 7) is 4.49. The first-order valence-electron chi connectivity index (χ1n) is 8.16. The van der Waals surface area contributed by atoms with Crippen LogP contribution < -0.4 is 10.9 Å². The molecule has 1 N–H and O–H groups in total. The van der Waals surface area contributed by atoms with Crippen LogP contribution in [0.5, 0.6) is 0 Å². The topological polar surface area (TPSA) is 77.1 Å². The minimum Gasteiger partial charge on any atom is -0.467 e. The van der Waals surface area contributed by atoms with Crippen LogP contribution in [0.3, 0.4) is 0 Å². The zero-order valence-corrected chi connectivity index (χ0v) is 16.8. The number of hydrogen-bond donors (Lipinski definition) is 1. The molecule has 0 saturated heterocycles. The average molecular weight is 436 g/mol. The van der Waals surface area contributed by atoms with E-state index in [0.717, 1.165) is 4.47 Å². The lowest BCUT2D eigenvalue weighted by Crippen LogP contribution is -2.31. The molecule has 2 heterocycles. The molecule has 2 aromatic heterocycles. The molecule has 0 aliphatic carbocycles. The predicted molar refractivity (Wildman–Crippen MR) is 105 cm³/mol. The van der Waals surface area contributed by atoms with Gasteiger partial charge >= 0.3 is 0 Å². The summed E-state index contributed by atoms with van der Waals surface area (Å²) in [5.74, 6) is 0.551. The molecule has 1 amide bonds. The summed E-state index contributed by atoms with van der Waals surface area (Å²) in [6.07, 6.45) is 1.57. The van der Waals surface area contributed by atoms with Crippen LogP contribution in [0.1, 0.15) is 19.6 Å². The lowest BCUT2D eigenvalue weighted by Gasteiger charge is -2.15. The van der Waals surface area contributed by atoms with Gasteiger partial charge in [0, 0.05) is 11.0 Å². The van der Waals surface area contributed by atoms with E-state index in [1.165, 1.54) is 11.8 Å². The second-order valence-electron chi connectivity index (χ2n) is 5.66. The van der Waals surface area contributed by atoms with E-state index >= 15 is 0 Å². The maximum absolute atomic E-state index is 12.7. The number of furan rings is 1. The Morgan fingerprint density at radius 2 is 2.23 bits per heavy atom. The number of thioether (sulfide) groups is 1. The Labute approximate surface area is 163 Å². The van der Waals surface area contributed by atoms with E-state index in [1.54, 1.807) is 42.0 Å². The van der Waals surface area contributed by atoms with Gasteiger partial charge in [-0.05, 0) is 44.2 Å². The van der Waals surface area contributed by atoms with Gasteiger partial charge in [0.15, 0.2) is 5.16 Å². The number of amides is 1. The van der Waals surface area contributed by atoms with Gasteiger partial charge in [0.05, 0.1) is 29.0 Å². The molecule has 3 rings (SSSR count). The number of fused-ring (bicyclic) bond motifs is 1. The van der Waals surface area contributed by atoms with Gasteiger partial charge in [0.2, 0.25) is 5.91 Å². The molecule has 6 nitrogen and oxygen atoms in total. The van der Waals surface area contributed by atoms with Crippen LogP contribution in [0, 0.1) is 0 Å². The van der Waals surface area contributed by atoms with Crippen molar-refractivity contribution in [1.82, 2.24) is 14.9 Å². The number of benzene rings is 1.